The van der Waals surface area contributed by atoms with Crippen molar-refractivity contribution in [2.24, 2.45) is 21.5 Å². The minimum absolute atomic E-state index is 0.101. The summed E-state index contributed by atoms with van der Waals surface area (Å²) in [5, 5.41) is 3.76. The van der Waals surface area contributed by atoms with E-state index in [0.717, 1.165) is 75.0 Å². The number of nitrogens with one attached hydrogen (secondary N) is 1. The highest BCUT2D eigenvalue weighted by Crippen LogP contribution is 2.40. The number of nitrogens with zero attached hydrogens (tertiary/aromatic N) is 3. The number of guanidine groups is 2. The molecule has 0 amide bonds. The second-order valence-corrected chi connectivity index (χ2v) is 10.3. The van der Waals surface area contributed by atoms with E-state index in [1.807, 2.05) is 0 Å². The fraction of sp³-hybridized carbons (Fsp3) is 0.815. The predicted octanol–water partition coefficient (Wildman–Crippen LogP) is 4.34. The Bertz CT molecular complexity index is 774. The van der Waals surface area contributed by atoms with Gasteiger partial charge in [0.15, 0.2) is 11.9 Å². The second-order valence-electron chi connectivity index (χ2n) is 10.3. The molecule has 0 bridgehead atoms. The third-order valence-corrected chi connectivity index (χ3v) is 7.45. The average Bonchev–Trinajstić information content (AvgIpc) is 3.25. The van der Waals surface area contributed by atoms with E-state index in [-0.39, 0.29) is 18.0 Å². The first-order chi connectivity index (χ1) is 17.0. The smallest absolute Gasteiger partial charge is 0.337 e. The molecule has 2 saturated heterocycles. The molecule has 0 unspecified atom stereocenters. The van der Waals surface area contributed by atoms with E-state index in [0.29, 0.717) is 25.2 Å². The van der Waals surface area contributed by atoms with Crippen molar-refractivity contribution in [1.29, 1.82) is 0 Å². The van der Waals surface area contributed by atoms with Gasteiger partial charge in [0.05, 0.1) is 18.2 Å². The number of rotatable bonds is 16. The Morgan fingerprint density at radius 1 is 1.06 bits per heavy atom. The van der Waals surface area contributed by atoms with Crippen molar-refractivity contribution in [2.75, 3.05) is 13.2 Å². The lowest BCUT2D eigenvalue weighted by molar-refractivity contribution is -0.139. The minimum atomic E-state index is -0.190. The zero-order valence-corrected chi connectivity index (χ0v) is 22.1. The molecular weight excluding hydrogens is 440 g/mol. The fourth-order valence-electron chi connectivity index (χ4n) is 5.60. The van der Waals surface area contributed by atoms with Crippen molar-refractivity contribution in [1.82, 2.24) is 10.2 Å². The van der Waals surface area contributed by atoms with E-state index in [2.05, 4.69) is 29.1 Å². The molecule has 0 aromatic carbocycles. The summed E-state index contributed by atoms with van der Waals surface area (Å²) in [7, 11) is 0. The molecule has 0 saturated carbocycles. The van der Waals surface area contributed by atoms with Gasteiger partial charge >= 0.3 is 5.97 Å². The molecule has 3 atom stereocenters. The standard InChI is InChI=1S/C27H48N6O2/c1-3-5-7-8-10-13-20-19-21-15-16-23-24(25(34)35-18-12-11-17-30-26(28)29)22(14-9-6-4-2)32-27(31-20)33(21)23/h20-22H,3-19H2,1-2H3,(H,31,32)(H4,28,29,30)/t20-,21+,22-/m0/s1. The van der Waals surface area contributed by atoms with Crippen LogP contribution in [0.15, 0.2) is 21.3 Å². The van der Waals surface area contributed by atoms with E-state index >= 15 is 0 Å². The van der Waals surface area contributed by atoms with Crippen molar-refractivity contribution in [2.45, 2.75) is 128 Å². The lowest BCUT2D eigenvalue weighted by atomic mass is 9.95. The molecule has 5 N–H and O–H groups in total. The molecule has 3 rings (SSSR count). The maximum Gasteiger partial charge on any atom is 0.337 e. The van der Waals surface area contributed by atoms with Gasteiger partial charge in [0.1, 0.15) is 0 Å². The molecule has 198 valence electrons. The molecule has 0 aromatic heterocycles. The number of unbranched alkanes of at least 4 members (excludes halogenated alkanes) is 7. The van der Waals surface area contributed by atoms with Crippen LogP contribution in [-0.2, 0) is 9.53 Å². The van der Waals surface area contributed by atoms with Crippen LogP contribution in [0.4, 0.5) is 0 Å². The van der Waals surface area contributed by atoms with E-state index in [1.54, 1.807) is 0 Å². The zero-order valence-electron chi connectivity index (χ0n) is 22.1. The third kappa shape index (κ3) is 7.87. The van der Waals surface area contributed by atoms with E-state index in [9.17, 15) is 4.79 Å². The number of carbonyl (C=O) groups is 1. The summed E-state index contributed by atoms with van der Waals surface area (Å²) in [5.41, 5.74) is 12.7. The molecule has 0 aliphatic carbocycles. The van der Waals surface area contributed by atoms with Gasteiger partial charge < -0.3 is 26.4 Å². The number of ether oxygens (including phenoxy) is 1. The Hall–Kier alpha value is -2.25. The third-order valence-electron chi connectivity index (χ3n) is 7.45. The maximum atomic E-state index is 13.3. The van der Waals surface area contributed by atoms with Gasteiger partial charge in [0, 0.05) is 24.3 Å². The zero-order chi connectivity index (χ0) is 25.0. The normalized spacial score (nSPS) is 23.0. The van der Waals surface area contributed by atoms with Crippen molar-refractivity contribution < 1.29 is 9.53 Å². The van der Waals surface area contributed by atoms with Gasteiger partial charge in [-0.2, -0.15) is 0 Å². The number of esters is 1. The highest BCUT2D eigenvalue weighted by atomic mass is 16.5. The van der Waals surface area contributed by atoms with E-state index in [4.69, 9.17) is 21.2 Å². The van der Waals surface area contributed by atoms with Crippen molar-refractivity contribution in [3.8, 4) is 0 Å². The largest absolute Gasteiger partial charge is 0.462 e. The molecule has 8 nitrogen and oxygen atoms in total. The molecule has 8 heteroatoms. The number of carbonyl (C=O) groups excluding carboxylic acids is 1. The molecule has 0 radical (unpaired) electrons. The monoisotopic (exact) mass is 488 g/mol. The summed E-state index contributed by atoms with van der Waals surface area (Å²) in [5.74, 6) is 0.914. The van der Waals surface area contributed by atoms with Crippen molar-refractivity contribution in [3.63, 3.8) is 0 Å². The quantitative estimate of drug-likeness (QED) is 0.129. The highest BCUT2D eigenvalue weighted by molar-refractivity contribution is 5.96. The van der Waals surface area contributed by atoms with Gasteiger partial charge in [-0.3, -0.25) is 4.99 Å². The Morgan fingerprint density at radius 2 is 1.80 bits per heavy atom. The van der Waals surface area contributed by atoms with Crippen LogP contribution in [0.25, 0.3) is 0 Å². The molecule has 3 aliphatic rings. The van der Waals surface area contributed by atoms with Crippen LogP contribution < -0.4 is 16.8 Å². The summed E-state index contributed by atoms with van der Waals surface area (Å²) >= 11 is 0. The summed E-state index contributed by atoms with van der Waals surface area (Å²) in [6, 6.07) is 0.835. The van der Waals surface area contributed by atoms with Crippen LogP contribution in [-0.4, -0.2) is 54.1 Å². The number of allylic oxidation sites excluding steroid dienone is 1. The Balaban J connectivity index is 1.63. The van der Waals surface area contributed by atoms with Gasteiger partial charge in [-0.05, 0) is 44.9 Å². The molecule has 35 heavy (non-hydrogen) atoms. The van der Waals surface area contributed by atoms with Gasteiger partial charge in [-0.1, -0.05) is 65.2 Å². The van der Waals surface area contributed by atoms with Crippen LogP contribution in [0, 0.1) is 0 Å². The first kappa shape index (κ1) is 27.3. The van der Waals surface area contributed by atoms with E-state index in [1.165, 1.54) is 38.5 Å². The Kier molecular flexibility index (Phi) is 11.2. The van der Waals surface area contributed by atoms with E-state index < -0.39 is 0 Å². The Morgan fingerprint density at radius 3 is 2.57 bits per heavy atom. The lowest BCUT2D eigenvalue weighted by Gasteiger charge is -2.42. The molecule has 2 fully saturated rings. The van der Waals surface area contributed by atoms with Crippen molar-refractivity contribution >= 4 is 17.9 Å². The first-order valence-electron chi connectivity index (χ1n) is 14.1. The van der Waals surface area contributed by atoms with Crippen LogP contribution in [0.1, 0.15) is 110 Å². The van der Waals surface area contributed by atoms with Crippen LogP contribution >= 0.6 is 0 Å². The summed E-state index contributed by atoms with van der Waals surface area (Å²) in [6.07, 6.45) is 16.8. The molecule has 3 aliphatic heterocycles. The number of hydrogen-bond acceptors (Lipinski definition) is 6. The molecule has 3 heterocycles. The van der Waals surface area contributed by atoms with Crippen molar-refractivity contribution in [3.05, 3.63) is 11.3 Å². The topological polar surface area (TPSA) is 118 Å². The summed E-state index contributed by atoms with van der Waals surface area (Å²) in [6.45, 7) is 5.41. The highest BCUT2D eigenvalue weighted by Gasteiger charge is 2.44. The number of aliphatic imine (C=N–C) groups is 2. The predicted molar refractivity (Wildman–Crippen MR) is 143 cm³/mol. The number of hydrogen-bond donors (Lipinski definition) is 3. The first-order valence-corrected chi connectivity index (χ1v) is 14.1. The average molecular weight is 489 g/mol. The Labute approximate surface area is 212 Å². The minimum Gasteiger partial charge on any atom is -0.462 e. The molecule has 0 aromatic rings. The van der Waals surface area contributed by atoms with Crippen LogP contribution in [0.2, 0.25) is 0 Å². The van der Waals surface area contributed by atoms with Gasteiger partial charge in [-0.15, -0.1) is 0 Å². The van der Waals surface area contributed by atoms with Crippen LogP contribution in [0.5, 0.6) is 0 Å². The van der Waals surface area contributed by atoms with Crippen LogP contribution in [0.3, 0.4) is 0 Å². The fourth-order valence-corrected chi connectivity index (χ4v) is 5.60. The summed E-state index contributed by atoms with van der Waals surface area (Å²) in [4.78, 5) is 24.7. The number of nitrogens with two attached hydrogens (primary N) is 2. The molecular formula is C27H48N6O2. The van der Waals surface area contributed by atoms with Gasteiger partial charge in [-0.25, -0.2) is 9.79 Å². The molecule has 0 spiro atoms. The summed E-state index contributed by atoms with van der Waals surface area (Å²) < 4.78 is 5.74. The maximum absolute atomic E-state index is 13.3. The lowest BCUT2D eigenvalue weighted by Crippen LogP contribution is -2.56. The SMILES string of the molecule is CCCCCCC[C@H]1C[C@H]2CCC3=C(C(=O)OCCCCN=C(N)N)[C@H](CCCCC)N=C(N1)N32. The second kappa shape index (κ2) is 14.3. The van der Waals surface area contributed by atoms with Gasteiger partial charge in [0.2, 0.25) is 0 Å². The van der Waals surface area contributed by atoms with Gasteiger partial charge in [0.25, 0.3) is 0 Å².